The molecule has 2 rings (SSSR count). The van der Waals surface area contributed by atoms with Gasteiger partial charge in [-0.3, -0.25) is 0 Å². The molecule has 0 aliphatic carbocycles. The van der Waals surface area contributed by atoms with Crippen LogP contribution < -0.4 is 0 Å². The first-order chi connectivity index (χ1) is 6.27. The maximum Gasteiger partial charge on any atom is 0.137 e. The van der Waals surface area contributed by atoms with Crippen molar-refractivity contribution >= 4 is 15.9 Å². The Kier molecular flexibility index (Phi) is 2.19. The van der Waals surface area contributed by atoms with Crippen molar-refractivity contribution in [1.82, 2.24) is 4.57 Å². The highest BCUT2D eigenvalue weighted by molar-refractivity contribution is 9.10. The van der Waals surface area contributed by atoms with Gasteiger partial charge in [0, 0.05) is 18.1 Å². The van der Waals surface area contributed by atoms with Gasteiger partial charge in [0.25, 0.3) is 0 Å². The second-order valence-corrected chi connectivity index (χ2v) is 3.54. The predicted molar refractivity (Wildman–Crippen MR) is 53.4 cm³/mol. The summed E-state index contributed by atoms with van der Waals surface area (Å²) in [7, 11) is 0. The second kappa shape index (κ2) is 3.34. The summed E-state index contributed by atoms with van der Waals surface area (Å²) in [6.45, 7) is 0. The highest BCUT2D eigenvalue weighted by Crippen LogP contribution is 2.19. The van der Waals surface area contributed by atoms with Crippen molar-refractivity contribution in [3.63, 3.8) is 0 Å². The molecule has 0 aliphatic rings. The Balaban J connectivity index is 2.49. The molecule has 0 bridgehead atoms. The average Bonchev–Trinajstić information content (AvgIpc) is 2.62. The van der Waals surface area contributed by atoms with E-state index in [1.54, 1.807) is 12.1 Å². The van der Waals surface area contributed by atoms with E-state index in [1.807, 2.05) is 29.1 Å². The minimum atomic E-state index is -0.240. The van der Waals surface area contributed by atoms with Crippen molar-refractivity contribution in [2.24, 2.45) is 0 Å². The molecule has 3 heteroatoms. The van der Waals surface area contributed by atoms with Crippen LogP contribution in [0.3, 0.4) is 0 Å². The van der Waals surface area contributed by atoms with Crippen LogP contribution >= 0.6 is 15.9 Å². The van der Waals surface area contributed by atoms with Crippen LogP contribution in [0.5, 0.6) is 0 Å². The molecule has 1 heterocycles. The van der Waals surface area contributed by atoms with Gasteiger partial charge in [0.1, 0.15) is 5.82 Å². The molecule has 66 valence electrons. The highest BCUT2D eigenvalue weighted by atomic mass is 79.9. The van der Waals surface area contributed by atoms with Gasteiger partial charge in [-0.2, -0.15) is 0 Å². The third kappa shape index (κ3) is 1.65. The molecule has 0 N–H and O–H groups in total. The summed E-state index contributed by atoms with van der Waals surface area (Å²) >= 11 is 3.14. The third-order valence-electron chi connectivity index (χ3n) is 1.81. The van der Waals surface area contributed by atoms with E-state index in [-0.39, 0.29) is 5.82 Å². The van der Waals surface area contributed by atoms with Crippen LogP contribution in [0.15, 0.2) is 47.2 Å². The Morgan fingerprint density at radius 2 is 1.85 bits per heavy atom. The summed E-state index contributed by atoms with van der Waals surface area (Å²) in [6, 6.07) is 8.78. The van der Waals surface area contributed by atoms with Crippen molar-refractivity contribution in [3.8, 4) is 5.69 Å². The number of nitrogens with zero attached hydrogens (tertiary/aromatic N) is 1. The zero-order chi connectivity index (χ0) is 9.26. The number of halogens is 2. The number of hydrogen-bond donors (Lipinski definition) is 0. The van der Waals surface area contributed by atoms with E-state index in [1.165, 1.54) is 6.07 Å². The fourth-order valence-electron chi connectivity index (χ4n) is 1.15. The lowest BCUT2D eigenvalue weighted by atomic mass is 10.3. The largest absolute Gasteiger partial charge is 0.324 e. The van der Waals surface area contributed by atoms with Gasteiger partial charge in [-0.1, -0.05) is 0 Å². The van der Waals surface area contributed by atoms with E-state index in [0.29, 0.717) is 4.47 Å². The standard InChI is InChI=1S/C10H7BrFN/c11-9-7-8(3-4-10(9)12)13-5-1-2-6-13/h1-7H. The van der Waals surface area contributed by atoms with E-state index < -0.39 is 0 Å². The topological polar surface area (TPSA) is 4.93 Å². The lowest BCUT2D eigenvalue weighted by molar-refractivity contribution is 0.620. The Hall–Kier alpha value is -1.09. The minimum Gasteiger partial charge on any atom is -0.324 e. The first-order valence-electron chi connectivity index (χ1n) is 3.86. The quantitative estimate of drug-likeness (QED) is 0.720. The van der Waals surface area contributed by atoms with E-state index in [9.17, 15) is 4.39 Å². The summed E-state index contributed by atoms with van der Waals surface area (Å²) in [5.74, 6) is -0.240. The van der Waals surface area contributed by atoms with E-state index in [0.717, 1.165) is 5.69 Å². The van der Waals surface area contributed by atoms with Crippen LogP contribution in [0.2, 0.25) is 0 Å². The number of rotatable bonds is 1. The van der Waals surface area contributed by atoms with Crippen LogP contribution in [-0.4, -0.2) is 4.57 Å². The molecule has 0 amide bonds. The van der Waals surface area contributed by atoms with Crippen LogP contribution in [0.25, 0.3) is 5.69 Å². The molecular weight excluding hydrogens is 233 g/mol. The Labute approximate surface area is 83.9 Å². The van der Waals surface area contributed by atoms with Gasteiger partial charge in [0.2, 0.25) is 0 Å². The Bertz CT molecular complexity index is 409. The molecular formula is C10H7BrFN. The number of benzene rings is 1. The second-order valence-electron chi connectivity index (χ2n) is 2.69. The molecule has 1 aromatic heterocycles. The molecule has 0 unspecified atom stereocenters. The van der Waals surface area contributed by atoms with Crippen molar-refractivity contribution in [2.75, 3.05) is 0 Å². The van der Waals surface area contributed by atoms with Crippen molar-refractivity contribution < 1.29 is 4.39 Å². The van der Waals surface area contributed by atoms with Gasteiger partial charge in [-0.05, 0) is 46.3 Å². The zero-order valence-corrected chi connectivity index (χ0v) is 8.33. The first-order valence-corrected chi connectivity index (χ1v) is 4.65. The average molecular weight is 240 g/mol. The third-order valence-corrected chi connectivity index (χ3v) is 2.41. The van der Waals surface area contributed by atoms with Gasteiger partial charge in [-0.15, -0.1) is 0 Å². The van der Waals surface area contributed by atoms with E-state index in [4.69, 9.17) is 0 Å². The molecule has 2 aromatic rings. The van der Waals surface area contributed by atoms with Crippen LogP contribution in [0, 0.1) is 5.82 Å². The lowest BCUT2D eigenvalue weighted by Gasteiger charge is -2.03. The van der Waals surface area contributed by atoms with Crippen LogP contribution in [-0.2, 0) is 0 Å². The summed E-state index contributed by atoms with van der Waals surface area (Å²) in [4.78, 5) is 0. The van der Waals surface area contributed by atoms with E-state index in [2.05, 4.69) is 15.9 Å². The highest BCUT2D eigenvalue weighted by Gasteiger charge is 2.00. The first kappa shape index (κ1) is 8.51. The molecule has 0 saturated carbocycles. The fourth-order valence-corrected chi connectivity index (χ4v) is 1.52. The fraction of sp³-hybridized carbons (Fsp3) is 0. The Morgan fingerprint density at radius 3 is 2.46 bits per heavy atom. The van der Waals surface area contributed by atoms with Crippen molar-refractivity contribution in [1.29, 1.82) is 0 Å². The molecule has 13 heavy (non-hydrogen) atoms. The molecule has 0 saturated heterocycles. The molecule has 0 atom stereocenters. The zero-order valence-electron chi connectivity index (χ0n) is 6.74. The lowest BCUT2D eigenvalue weighted by Crippen LogP contribution is -1.90. The van der Waals surface area contributed by atoms with E-state index >= 15 is 0 Å². The summed E-state index contributed by atoms with van der Waals surface area (Å²) in [6.07, 6.45) is 3.83. The SMILES string of the molecule is Fc1ccc(-n2cccc2)cc1Br. The molecule has 0 fully saturated rings. The predicted octanol–water partition coefficient (Wildman–Crippen LogP) is 3.38. The molecule has 1 aromatic carbocycles. The van der Waals surface area contributed by atoms with Crippen molar-refractivity contribution in [2.45, 2.75) is 0 Å². The van der Waals surface area contributed by atoms with Gasteiger partial charge < -0.3 is 4.57 Å². The summed E-state index contributed by atoms with van der Waals surface area (Å²) in [5, 5.41) is 0. The van der Waals surface area contributed by atoms with Gasteiger partial charge in [0.05, 0.1) is 4.47 Å². The maximum atomic E-state index is 12.9. The van der Waals surface area contributed by atoms with Gasteiger partial charge in [0.15, 0.2) is 0 Å². The van der Waals surface area contributed by atoms with Gasteiger partial charge >= 0.3 is 0 Å². The molecule has 1 nitrogen and oxygen atoms in total. The van der Waals surface area contributed by atoms with Gasteiger partial charge in [-0.25, -0.2) is 4.39 Å². The maximum absolute atomic E-state index is 12.9. The Morgan fingerprint density at radius 1 is 1.15 bits per heavy atom. The van der Waals surface area contributed by atoms with Crippen LogP contribution in [0.4, 0.5) is 4.39 Å². The van der Waals surface area contributed by atoms with Crippen LogP contribution in [0.1, 0.15) is 0 Å². The van der Waals surface area contributed by atoms with Crippen molar-refractivity contribution in [3.05, 3.63) is 53.0 Å². The molecule has 0 radical (unpaired) electrons. The number of hydrogen-bond acceptors (Lipinski definition) is 0. The summed E-state index contributed by atoms with van der Waals surface area (Å²) < 4.78 is 15.3. The smallest absolute Gasteiger partial charge is 0.137 e. The molecule has 0 spiro atoms. The minimum absolute atomic E-state index is 0.240. The number of aromatic nitrogens is 1. The summed E-state index contributed by atoms with van der Waals surface area (Å²) in [5.41, 5.74) is 0.943. The normalized spacial score (nSPS) is 10.3. The monoisotopic (exact) mass is 239 g/mol. The molecule has 0 aliphatic heterocycles.